The van der Waals surface area contributed by atoms with E-state index in [0.717, 1.165) is 81.5 Å². The monoisotopic (exact) mass is 1730 g/mol. The Morgan fingerprint density at radius 3 is 0.981 bits per heavy atom. The van der Waals surface area contributed by atoms with E-state index in [-0.39, 0.29) is 42.8 Å². The molecule has 0 radical (unpaired) electrons. The van der Waals surface area contributed by atoms with Crippen LogP contribution in [0, 0.1) is 0 Å². The molecule has 0 spiro atoms. The van der Waals surface area contributed by atoms with Gasteiger partial charge in [0.1, 0.15) is 0 Å². The molecule has 3 heterocycles. The zero-order chi connectivity index (χ0) is 76.5. The molecule has 13 nitrogen and oxygen atoms in total. The number of halogens is 4. The van der Waals surface area contributed by atoms with Gasteiger partial charge in [-0.15, -0.1) is 23.2 Å². The molecule has 13 rings (SSSR count). The Bertz CT molecular complexity index is 4780. The molecule has 0 saturated heterocycles. The summed E-state index contributed by atoms with van der Waals surface area (Å²) in [6, 6.07) is 89.6. The van der Waals surface area contributed by atoms with E-state index in [1.807, 2.05) is 194 Å². The molecule has 108 heavy (non-hydrogen) atoms. The predicted molar refractivity (Wildman–Crippen MR) is 452 cm³/mol. The van der Waals surface area contributed by atoms with Crippen molar-refractivity contribution in [2.75, 3.05) is 5.34 Å². The van der Waals surface area contributed by atoms with Crippen LogP contribution >= 0.6 is 136 Å². The van der Waals surface area contributed by atoms with Crippen molar-refractivity contribution in [3.8, 4) is 22.3 Å². The molecule has 0 bridgehead atoms. The standard InChI is InChI=1S/C25H21NO2S2.C21H18BrNO2S.C18H15NO2S2.C14H11BrO2S.C4H5BO2S.CH2Cl2/c27-25(26-28-17-19-6-2-1-3-7-19)16-21-8-4-5-9-24(21)30-23-12-10-20(11-13-23)22-14-15-29-18-22;22-18-10-12-19(13-11-18)26-20-9-5-4-8-17(20)14-21(24)23-25-15-16-6-2-1-3-7-16;20-18(19-21)11-14-3-1-2-4-17(14)23-16-7-5-13(6-8-16)15-9-10-22-12-15;15-11-5-7-12(8-6-11)18-13-4-2-1-3-10(13)9-14(16)17;6-5(7)4-1-2-8-3-4;2-1-3/h1-15,18H,16-17H2,(H,26,27);1-13H,14-15H2,(H,23,24);1-10,12,21H,11H2,(H,19,20);1-8H,9H2,(H,16,17);1-3,6-7H;1H2. The van der Waals surface area contributed by atoms with Crippen LogP contribution in [0.5, 0.6) is 0 Å². The Labute approximate surface area is 684 Å². The Morgan fingerprint density at radius 1 is 0.380 bits per heavy atom. The molecule has 10 aromatic carbocycles. The van der Waals surface area contributed by atoms with Crippen molar-refractivity contribution in [3.05, 3.63) is 348 Å². The fraction of sp³-hybridized carbons (Fsp3) is 0.0843. The lowest BCUT2D eigenvalue weighted by atomic mass is 9.83. The highest BCUT2D eigenvalue weighted by atomic mass is 79.9. The lowest BCUT2D eigenvalue weighted by Gasteiger charge is -2.10. The van der Waals surface area contributed by atoms with Crippen molar-refractivity contribution in [2.45, 2.75) is 78.1 Å². The fourth-order valence-electron chi connectivity index (χ4n) is 9.56. The van der Waals surface area contributed by atoms with Crippen molar-refractivity contribution in [1.29, 1.82) is 0 Å². The molecule has 0 saturated carbocycles. The van der Waals surface area contributed by atoms with E-state index in [1.54, 1.807) is 92.0 Å². The zero-order valence-corrected chi connectivity index (χ0v) is 68.0. The number of hydrogen-bond acceptors (Lipinski definition) is 16. The third-order valence-corrected chi connectivity index (χ3v) is 22.4. The predicted octanol–water partition coefficient (Wildman–Crippen LogP) is 21.4. The van der Waals surface area contributed by atoms with Crippen molar-refractivity contribution in [3.63, 3.8) is 0 Å². The van der Waals surface area contributed by atoms with Gasteiger partial charge in [-0.1, -0.05) is 243 Å². The summed E-state index contributed by atoms with van der Waals surface area (Å²) >= 11 is 27.7. The maximum absolute atomic E-state index is 12.3. The molecular weight excluding hydrogens is 1660 g/mol. The number of nitrogens with one attached hydrogen (secondary N) is 3. The number of thiophene rings is 3. The maximum Gasteiger partial charge on any atom is 0.489 e. The van der Waals surface area contributed by atoms with E-state index in [9.17, 15) is 19.2 Å². The van der Waals surface area contributed by atoms with Gasteiger partial charge in [-0.25, -0.2) is 16.4 Å². The van der Waals surface area contributed by atoms with Gasteiger partial charge in [-0.2, -0.15) is 34.0 Å². The van der Waals surface area contributed by atoms with Crippen molar-refractivity contribution in [1.82, 2.24) is 16.4 Å². The second kappa shape index (κ2) is 48.5. The van der Waals surface area contributed by atoms with Gasteiger partial charge in [0.25, 0.3) is 0 Å². The summed E-state index contributed by atoms with van der Waals surface area (Å²) in [6.45, 7) is 0.696. The zero-order valence-electron chi connectivity index (χ0n) is 57.6. The van der Waals surface area contributed by atoms with Crippen LogP contribution < -0.4 is 21.9 Å². The number of alkyl halides is 2. The molecule has 0 aliphatic carbocycles. The first-order chi connectivity index (χ1) is 52.6. The minimum atomic E-state index is -1.30. The Morgan fingerprint density at radius 2 is 0.685 bits per heavy atom. The van der Waals surface area contributed by atoms with Gasteiger partial charge >= 0.3 is 13.1 Å². The van der Waals surface area contributed by atoms with E-state index < -0.39 is 19.0 Å². The first-order valence-electron chi connectivity index (χ1n) is 32.9. The van der Waals surface area contributed by atoms with Crippen LogP contribution in [0.25, 0.3) is 22.3 Å². The molecule has 0 unspecified atom stereocenters. The van der Waals surface area contributed by atoms with Gasteiger partial charge in [-0.05, 0) is 203 Å². The molecule has 0 fully saturated rings. The SMILES string of the molecule is ClCCl.O=C(Cc1ccccc1Sc1ccc(-c2ccsc2)cc1)NO.O=C(Cc1ccccc1Sc1ccc(-c2ccsc2)cc1)NOCc1ccccc1.O=C(Cc1ccccc1Sc1ccc(Br)cc1)NOCc1ccccc1.O=C(O)Cc1ccccc1Sc1ccc(Br)cc1.OB(O)c1ccsc1. The van der Waals surface area contributed by atoms with E-state index in [4.69, 9.17) is 53.2 Å². The molecular formula is C83H72BBr2Cl2N3O10S7. The van der Waals surface area contributed by atoms with E-state index in [2.05, 4.69) is 137 Å². The quantitative estimate of drug-likeness (QED) is 0.0123. The number of carbonyl (C=O) groups is 4. The number of rotatable bonds is 25. The van der Waals surface area contributed by atoms with Crippen LogP contribution in [-0.4, -0.2) is 56.5 Å². The van der Waals surface area contributed by atoms with Gasteiger partial charge in [-0.3, -0.25) is 34.1 Å². The highest BCUT2D eigenvalue weighted by Crippen LogP contribution is 2.36. The van der Waals surface area contributed by atoms with Crippen LogP contribution in [0.3, 0.4) is 0 Å². The van der Waals surface area contributed by atoms with Gasteiger partial charge in [0.2, 0.25) is 17.7 Å². The topological polar surface area (TPSA) is 204 Å². The number of carbonyl (C=O) groups excluding carboxylic acids is 3. The molecule has 3 amide bonds. The van der Waals surface area contributed by atoms with Gasteiger partial charge in [0.15, 0.2) is 0 Å². The van der Waals surface area contributed by atoms with E-state index in [0.29, 0.717) is 18.7 Å². The third kappa shape index (κ3) is 31.5. The third-order valence-electron chi connectivity index (χ3n) is 14.7. The summed E-state index contributed by atoms with van der Waals surface area (Å²) in [5.74, 6) is -1.54. The van der Waals surface area contributed by atoms with E-state index in [1.165, 1.54) is 33.6 Å². The lowest BCUT2D eigenvalue weighted by Crippen LogP contribution is -2.27. The number of carboxylic acid groups (broad SMARTS) is 1. The molecule has 0 aliphatic heterocycles. The number of hydroxylamine groups is 3. The lowest BCUT2D eigenvalue weighted by molar-refractivity contribution is -0.136. The second-order valence-electron chi connectivity index (χ2n) is 22.6. The van der Waals surface area contributed by atoms with Crippen LogP contribution in [-0.2, 0) is 67.8 Å². The Kier molecular flexibility index (Phi) is 38.4. The van der Waals surface area contributed by atoms with Crippen molar-refractivity contribution in [2.24, 2.45) is 0 Å². The summed E-state index contributed by atoms with van der Waals surface area (Å²) < 4.78 is 2.08. The fourth-order valence-corrected chi connectivity index (χ4v) is 15.9. The van der Waals surface area contributed by atoms with Crippen molar-refractivity contribution >= 4 is 172 Å². The molecule has 0 aliphatic rings. The largest absolute Gasteiger partial charge is 0.489 e. The number of carboxylic acids is 1. The average Bonchev–Trinajstić information content (AvgIpc) is 1.26. The highest BCUT2D eigenvalue weighted by Gasteiger charge is 2.15. The van der Waals surface area contributed by atoms with Crippen LogP contribution in [0.4, 0.5) is 0 Å². The van der Waals surface area contributed by atoms with Crippen LogP contribution in [0.1, 0.15) is 33.4 Å². The second-order valence-corrected chi connectivity index (χ2v) is 32.0. The van der Waals surface area contributed by atoms with Crippen LogP contribution in [0.2, 0.25) is 0 Å². The van der Waals surface area contributed by atoms with Gasteiger partial charge in [0.05, 0.1) is 44.2 Å². The summed E-state index contributed by atoms with van der Waals surface area (Å²) in [7, 11) is -1.30. The van der Waals surface area contributed by atoms with Crippen molar-refractivity contribution < 1.29 is 49.2 Å². The molecule has 13 aromatic rings. The molecule has 552 valence electrons. The summed E-state index contributed by atoms with van der Waals surface area (Å²) in [5.41, 5.74) is 17.9. The first kappa shape index (κ1) is 85.6. The van der Waals surface area contributed by atoms with E-state index >= 15 is 0 Å². The Hall–Kier alpha value is -8.02. The summed E-state index contributed by atoms with van der Waals surface area (Å²) in [4.78, 5) is 66.0. The van der Waals surface area contributed by atoms with Gasteiger partial charge < -0.3 is 15.2 Å². The summed E-state index contributed by atoms with van der Waals surface area (Å²) in [5, 5.41) is 46.6. The first-order valence-corrected chi connectivity index (χ1v) is 41.7. The average molecular weight is 1740 g/mol. The smallest absolute Gasteiger partial charge is 0.481 e. The Balaban J connectivity index is 0.000000175. The molecule has 25 heteroatoms. The maximum atomic E-state index is 12.3. The molecule has 0 atom stereocenters. The minimum absolute atomic E-state index is 0.0553. The normalized spacial score (nSPS) is 10.3. The minimum Gasteiger partial charge on any atom is -0.481 e. The molecule has 3 aromatic heterocycles. The van der Waals surface area contributed by atoms with Crippen LogP contribution in [0.15, 0.2) is 353 Å². The highest BCUT2D eigenvalue weighted by molar-refractivity contribution is 9.10. The van der Waals surface area contributed by atoms with Gasteiger partial charge in [0, 0.05) is 48.1 Å². The number of aliphatic carboxylic acids is 1. The summed E-state index contributed by atoms with van der Waals surface area (Å²) in [6.07, 6.45) is 0.756. The number of amides is 3. The number of hydrogen-bond donors (Lipinski definition) is 7. The number of benzene rings is 10. The molecule has 7 N–H and O–H groups in total.